The van der Waals surface area contributed by atoms with Crippen LogP contribution in [-0.2, 0) is 0 Å². The van der Waals surface area contributed by atoms with Gasteiger partial charge >= 0.3 is 0 Å². The number of hydrogen-bond donors (Lipinski definition) is 1. The Hall–Kier alpha value is -2.16. The molecule has 0 bridgehead atoms. The van der Waals surface area contributed by atoms with E-state index in [9.17, 15) is 9.18 Å². The maximum absolute atomic E-state index is 13.5. The van der Waals surface area contributed by atoms with Crippen LogP contribution in [0.5, 0.6) is 0 Å². The van der Waals surface area contributed by atoms with E-state index in [2.05, 4.69) is 5.32 Å². The Morgan fingerprint density at radius 3 is 2.47 bits per heavy atom. The Balaban J connectivity index is 2.32. The van der Waals surface area contributed by atoms with Crippen molar-refractivity contribution in [3.63, 3.8) is 0 Å². The average Bonchev–Trinajstić information content (AvgIpc) is 2.33. The van der Waals surface area contributed by atoms with Crippen molar-refractivity contribution in [3.8, 4) is 0 Å². The number of carbonyl (C=O) groups is 1. The highest BCUT2D eigenvalue weighted by molar-refractivity contribution is 5.95. The minimum Gasteiger partial charge on any atom is -0.353 e. The Morgan fingerprint density at radius 1 is 1.12 bits per heavy atom. The second kappa shape index (κ2) is 4.78. The van der Waals surface area contributed by atoms with Crippen LogP contribution in [0, 0.1) is 5.82 Å². The van der Waals surface area contributed by atoms with Gasteiger partial charge in [0.05, 0.1) is 5.69 Å². The van der Waals surface area contributed by atoms with Crippen LogP contribution >= 0.6 is 0 Å². The summed E-state index contributed by atoms with van der Waals surface area (Å²) in [6.45, 7) is 1.46. The molecule has 0 heterocycles. The van der Waals surface area contributed by atoms with Crippen LogP contribution in [0.3, 0.4) is 0 Å². The van der Waals surface area contributed by atoms with Crippen molar-refractivity contribution in [2.45, 2.75) is 6.92 Å². The molecule has 0 saturated heterocycles. The van der Waals surface area contributed by atoms with E-state index in [4.69, 9.17) is 0 Å². The van der Waals surface area contributed by atoms with Crippen LogP contribution in [0.1, 0.15) is 17.3 Å². The fraction of sp³-hybridized carbons (Fsp3) is 0.0714. The van der Waals surface area contributed by atoms with E-state index < -0.39 is 0 Å². The van der Waals surface area contributed by atoms with Gasteiger partial charge in [-0.25, -0.2) is 4.39 Å². The van der Waals surface area contributed by atoms with Gasteiger partial charge in [-0.05, 0) is 37.3 Å². The summed E-state index contributed by atoms with van der Waals surface area (Å²) < 4.78 is 13.5. The molecular weight excluding hydrogens is 217 g/mol. The van der Waals surface area contributed by atoms with Crippen LogP contribution < -0.4 is 5.32 Å². The molecule has 2 aromatic carbocycles. The molecule has 1 N–H and O–H groups in total. The second-order valence-electron chi connectivity index (χ2n) is 3.74. The lowest BCUT2D eigenvalue weighted by atomic mass is 10.1. The minimum absolute atomic E-state index is 0.0823. The number of ketones is 1. The summed E-state index contributed by atoms with van der Waals surface area (Å²) in [6, 6.07) is 13.6. The molecule has 0 spiro atoms. The molecule has 0 aromatic heterocycles. The Bertz CT molecular complexity index is 537. The minimum atomic E-state index is -0.376. The number of para-hydroxylation sites is 1. The molecule has 0 radical (unpaired) electrons. The first-order valence-electron chi connectivity index (χ1n) is 5.29. The SMILES string of the molecule is CC(=O)c1ccc(F)c(Nc2ccccc2)c1. The van der Waals surface area contributed by atoms with Gasteiger partial charge in [-0.3, -0.25) is 4.79 Å². The summed E-state index contributed by atoms with van der Waals surface area (Å²) in [5, 5.41) is 2.94. The van der Waals surface area contributed by atoms with Crippen LogP contribution in [0.4, 0.5) is 15.8 Å². The standard InChI is InChI=1S/C14H12FNO/c1-10(17)11-7-8-13(15)14(9-11)16-12-5-3-2-4-6-12/h2-9,16H,1H3. The van der Waals surface area contributed by atoms with Gasteiger partial charge in [-0.15, -0.1) is 0 Å². The molecule has 0 aliphatic rings. The van der Waals surface area contributed by atoms with E-state index in [0.717, 1.165) is 5.69 Å². The van der Waals surface area contributed by atoms with E-state index in [1.165, 1.54) is 25.1 Å². The molecule has 0 unspecified atom stereocenters. The summed E-state index contributed by atoms with van der Waals surface area (Å²) in [6.07, 6.45) is 0. The smallest absolute Gasteiger partial charge is 0.159 e. The Kier molecular flexibility index (Phi) is 3.19. The third-order valence-corrected chi connectivity index (χ3v) is 2.43. The number of hydrogen-bond acceptors (Lipinski definition) is 2. The molecule has 0 atom stereocenters. The van der Waals surface area contributed by atoms with E-state index in [0.29, 0.717) is 11.3 Å². The number of benzene rings is 2. The molecule has 2 aromatic rings. The number of rotatable bonds is 3. The van der Waals surface area contributed by atoms with Crippen molar-refractivity contribution in [1.29, 1.82) is 0 Å². The van der Waals surface area contributed by atoms with Crippen molar-refractivity contribution in [1.82, 2.24) is 0 Å². The Labute approximate surface area is 99.1 Å². The molecule has 3 heteroatoms. The molecule has 0 aliphatic carbocycles. The topological polar surface area (TPSA) is 29.1 Å². The lowest BCUT2D eigenvalue weighted by Gasteiger charge is -2.08. The maximum atomic E-state index is 13.5. The molecule has 86 valence electrons. The van der Waals surface area contributed by atoms with Crippen molar-refractivity contribution >= 4 is 17.2 Å². The van der Waals surface area contributed by atoms with E-state index in [1.807, 2.05) is 30.3 Å². The zero-order valence-electron chi connectivity index (χ0n) is 9.41. The second-order valence-corrected chi connectivity index (χ2v) is 3.74. The molecule has 2 rings (SSSR count). The molecule has 17 heavy (non-hydrogen) atoms. The lowest BCUT2D eigenvalue weighted by molar-refractivity contribution is 0.101. The van der Waals surface area contributed by atoms with Crippen LogP contribution in [0.15, 0.2) is 48.5 Å². The van der Waals surface area contributed by atoms with Gasteiger partial charge in [0.25, 0.3) is 0 Å². The van der Waals surface area contributed by atoms with Crippen molar-refractivity contribution in [2.75, 3.05) is 5.32 Å². The van der Waals surface area contributed by atoms with Gasteiger partial charge in [-0.2, -0.15) is 0 Å². The number of anilines is 2. The van der Waals surface area contributed by atoms with Gasteiger partial charge < -0.3 is 5.32 Å². The monoisotopic (exact) mass is 229 g/mol. The highest BCUT2D eigenvalue weighted by atomic mass is 19.1. The number of Topliss-reactive ketones (excluding diaryl/α,β-unsaturated/α-hetero) is 1. The van der Waals surface area contributed by atoms with Crippen LogP contribution in [0.25, 0.3) is 0 Å². The molecular formula is C14H12FNO. The van der Waals surface area contributed by atoms with Crippen LogP contribution in [-0.4, -0.2) is 5.78 Å². The molecule has 0 amide bonds. The van der Waals surface area contributed by atoms with E-state index >= 15 is 0 Å². The highest BCUT2D eigenvalue weighted by Crippen LogP contribution is 2.21. The first kappa shape index (κ1) is 11.3. The predicted molar refractivity (Wildman–Crippen MR) is 66.1 cm³/mol. The fourth-order valence-electron chi connectivity index (χ4n) is 1.52. The number of nitrogens with one attached hydrogen (secondary N) is 1. The molecule has 0 aliphatic heterocycles. The maximum Gasteiger partial charge on any atom is 0.159 e. The van der Waals surface area contributed by atoms with E-state index in [-0.39, 0.29) is 11.6 Å². The van der Waals surface area contributed by atoms with Crippen molar-refractivity contribution in [2.24, 2.45) is 0 Å². The normalized spacial score (nSPS) is 10.0. The van der Waals surface area contributed by atoms with Crippen LogP contribution in [0.2, 0.25) is 0 Å². The fourth-order valence-corrected chi connectivity index (χ4v) is 1.52. The van der Waals surface area contributed by atoms with Gasteiger partial charge in [0.2, 0.25) is 0 Å². The summed E-state index contributed by atoms with van der Waals surface area (Å²) >= 11 is 0. The summed E-state index contributed by atoms with van der Waals surface area (Å²) in [5.74, 6) is -0.458. The molecule has 0 saturated carbocycles. The summed E-state index contributed by atoms with van der Waals surface area (Å²) in [4.78, 5) is 11.2. The first-order valence-corrected chi connectivity index (χ1v) is 5.29. The highest BCUT2D eigenvalue weighted by Gasteiger charge is 2.06. The predicted octanol–water partition coefficient (Wildman–Crippen LogP) is 3.77. The molecule has 2 nitrogen and oxygen atoms in total. The van der Waals surface area contributed by atoms with Gasteiger partial charge in [-0.1, -0.05) is 18.2 Å². The largest absolute Gasteiger partial charge is 0.353 e. The number of halogens is 1. The van der Waals surface area contributed by atoms with Gasteiger partial charge in [0, 0.05) is 11.3 Å². The number of carbonyl (C=O) groups excluding carboxylic acids is 1. The lowest BCUT2D eigenvalue weighted by Crippen LogP contribution is -1.98. The Morgan fingerprint density at radius 2 is 1.82 bits per heavy atom. The van der Waals surface area contributed by atoms with Crippen molar-refractivity contribution in [3.05, 3.63) is 59.9 Å². The quantitative estimate of drug-likeness (QED) is 0.811. The molecule has 0 fully saturated rings. The van der Waals surface area contributed by atoms with Gasteiger partial charge in [0.15, 0.2) is 5.78 Å². The van der Waals surface area contributed by atoms with Crippen molar-refractivity contribution < 1.29 is 9.18 Å². The summed E-state index contributed by atoms with van der Waals surface area (Å²) in [7, 11) is 0. The third kappa shape index (κ3) is 2.69. The zero-order valence-corrected chi connectivity index (χ0v) is 9.41. The van der Waals surface area contributed by atoms with E-state index in [1.54, 1.807) is 0 Å². The average molecular weight is 229 g/mol. The zero-order chi connectivity index (χ0) is 12.3. The summed E-state index contributed by atoms with van der Waals surface area (Å²) in [5.41, 5.74) is 1.58. The third-order valence-electron chi connectivity index (χ3n) is 2.43. The van der Waals surface area contributed by atoms with Gasteiger partial charge in [0.1, 0.15) is 5.82 Å². The first-order chi connectivity index (χ1) is 8.16.